The summed E-state index contributed by atoms with van der Waals surface area (Å²) >= 11 is 0. The maximum Gasteiger partial charge on any atom is 0.0460 e. The summed E-state index contributed by atoms with van der Waals surface area (Å²) < 4.78 is 0. The Hall–Kier alpha value is -0.850. The van der Waals surface area contributed by atoms with Crippen LogP contribution in [-0.4, -0.2) is 4.98 Å². The van der Waals surface area contributed by atoms with Crippen LogP contribution in [-0.2, 0) is 11.8 Å². The first-order chi connectivity index (χ1) is 6.95. The van der Waals surface area contributed by atoms with Gasteiger partial charge in [-0.05, 0) is 18.6 Å². The van der Waals surface area contributed by atoms with Gasteiger partial charge in [-0.2, -0.15) is 0 Å². The van der Waals surface area contributed by atoms with Crippen LogP contribution in [0.5, 0.6) is 0 Å². The van der Waals surface area contributed by atoms with Crippen LogP contribution < -0.4 is 0 Å². The molecule has 0 aliphatic carbocycles. The smallest absolute Gasteiger partial charge is 0.0460 e. The van der Waals surface area contributed by atoms with Crippen molar-refractivity contribution in [2.24, 2.45) is 0 Å². The number of hydrogen-bond acceptors (Lipinski definition) is 1. The average molecular weight is 207 g/mol. The zero-order valence-corrected chi connectivity index (χ0v) is 11.1. The lowest BCUT2D eigenvalue weighted by atomic mass is 9.91. The molecular weight excluding hydrogens is 182 g/mol. The van der Waals surface area contributed by atoms with Gasteiger partial charge in [0.05, 0.1) is 0 Å². The molecule has 0 saturated heterocycles. The first kappa shape index (κ1) is 14.2. The van der Waals surface area contributed by atoms with Gasteiger partial charge in [0.25, 0.3) is 0 Å². The number of aryl methyl sites for hydroxylation is 1. The highest BCUT2D eigenvalue weighted by atomic mass is 14.7. The van der Waals surface area contributed by atoms with Gasteiger partial charge in [0.15, 0.2) is 0 Å². The van der Waals surface area contributed by atoms with Gasteiger partial charge < -0.3 is 0 Å². The van der Waals surface area contributed by atoms with E-state index in [-0.39, 0.29) is 5.41 Å². The molecule has 1 aromatic heterocycles. The van der Waals surface area contributed by atoms with E-state index in [0.29, 0.717) is 0 Å². The Balaban J connectivity index is 0.000000583. The van der Waals surface area contributed by atoms with E-state index in [1.165, 1.54) is 17.8 Å². The fourth-order valence-electron chi connectivity index (χ4n) is 1.09. The molecule has 0 bridgehead atoms. The van der Waals surface area contributed by atoms with Crippen molar-refractivity contribution in [3.63, 3.8) is 0 Å². The summed E-state index contributed by atoms with van der Waals surface area (Å²) in [5.41, 5.74) is 2.54. The summed E-state index contributed by atoms with van der Waals surface area (Å²) in [6.07, 6.45) is 2.27. The topological polar surface area (TPSA) is 12.9 Å². The summed E-state index contributed by atoms with van der Waals surface area (Å²) in [6.45, 7) is 13.0. The van der Waals surface area contributed by atoms with Crippen molar-refractivity contribution in [2.45, 2.75) is 59.8 Å². The van der Waals surface area contributed by atoms with Crippen molar-refractivity contribution in [1.82, 2.24) is 4.98 Å². The van der Waals surface area contributed by atoms with Crippen molar-refractivity contribution < 1.29 is 0 Å². The average Bonchev–Trinajstić information content (AvgIpc) is 2.18. The molecular formula is C14H25N. The van der Waals surface area contributed by atoms with Crippen molar-refractivity contribution in [3.8, 4) is 0 Å². The Kier molecular flexibility index (Phi) is 6.23. The summed E-state index contributed by atoms with van der Waals surface area (Å²) in [5, 5.41) is 0. The molecule has 1 heterocycles. The number of hydrogen-bond donors (Lipinski definition) is 0. The second-order valence-corrected chi connectivity index (χ2v) is 4.82. The fraction of sp³-hybridized carbons (Fsp3) is 0.643. The van der Waals surface area contributed by atoms with Gasteiger partial charge in [0, 0.05) is 16.8 Å². The number of rotatable bonds is 1. The first-order valence-corrected chi connectivity index (χ1v) is 5.92. The Morgan fingerprint density at radius 2 is 1.60 bits per heavy atom. The molecule has 15 heavy (non-hydrogen) atoms. The van der Waals surface area contributed by atoms with E-state index in [4.69, 9.17) is 0 Å². The summed E-state index contributed by atoms with van der Waals surface area (Å²) in [4.78, 5) is 4.56. The van der Waals surface area contributed by atoms with Gasteiger partial charge in [-0.15, -0.1) is 0 Å². The molecule has 0 aromatic carbocycles. The second kappa shape index (κ2) is 6.60. The SMILES string of the molecule is CCC.CCc1cccc(C(C)(C)C)n1. The van der Waals surface area contributed by atoms with E-state index in [2.05, 4.69) is 64.7 Å². The highest BCUT2D eigenvalue weighted by Gasteiger charge is 2.14. The molecule has 1 aromatic rings. The molecule has 1 nitrogen and oxygen atoms in total. The quantitative estimate of drug-likeness (QED) is 0.667. The van der Waals surface area contributed by atoms with E-state index < -0.39 is 0 Å². The number of aromatic nitrogens is 1. The minimum Gasteiger partial charge on any atom is -0.257 e. The zero-order valence-electron chi connectivity index (χ0n) is 11.1. The Morgan fingerprint density at radius 1 is 1.07 bits per heavy atom. The predicted octanol–water partition coefficient (Wildman–Crippen LogP) is 4.36. The highest BCUT2D eigenvalue weighted by molar-refractivity contribution is 5.17. The lowest BCUT2D eigenvalue weighted by Crippen LogP contribution is -2.13. The maximum atomic E-state index is 4.56. The van der Waals surface area contributed by atoms with Crippen LogP contribution >= 0.6 is 0 Å². The monoisotopic (exact) mass is 207 g/mol. The van der Waals surface area contributed by atoms with Crippen LogP contribution in [0.1, 0.15) is 59.4 Å². The van der Waals surface area contributed by atoms with Crippen molar-refractivity contribution in [1.29, 1.82) is 0 Å². The van der Waals surface area contributed by atoms with Crippen LogP contribution in [0.3, 0.4) is 0 Å². The molecule has 1 heteroatoms. The molecule has 0 saturated carbocycles. The summed E-state index contributed by atoms with van der Waals surface area (Å²) in [7, 11) is 0. The molecule has 0 spiro atoms. The van der Waals surface area contributed by atoms with Crippen molar-refractivity contribution in [2.75, 3.05) is 0 Å². The normalized spacial score (nSPS) is 10.5. The third kappa shape index (κ3) is 5.56. The molecule has 86 valence electrons. The molecule has 0 radical (unpaired) electrons. The zero-order chi connectivity index (χ0) is 11.9. The largest absolute Gasteiger partial charge is 0.257 e. The van der Waals surface area contributed by atoms with Crippen LogP contribution in [0, 0.1) is 0 Å². The molecule has 0 N–H and O–H groups in total. The first-order valence-electron chi connectivity index (χ1n) is 5.92. The number of nitrogens with zero attached hydrogens (tertiary/aromatic N) is 1. The lowest BCUT2D eigenvalue weighted by molar-refractivity contribution is 0.566. The van der Waals surface area contributed by atoms with Crippen molar-refractivity contribution >= 4 is 0 Å². The van der Waals surface area contributed by atoms with E-state index in [1.54, 1.807) is 0 Å². The van der Waals surface area contributed by atoms with Crippen molar-refractivity contribution in [3.05, 3.63) is 29.6 Å². The van der Waals surface area contributed by atoms with Gasteiger partial charge in [-0.1, -0.05) is 54.0 Å². The van der Waals surface area contributed by atoms with Gasteiger partial charge in [-0.3, -0.25) is 4.98 Å². The summed E-state index contributed by atoms with van der Waals surface area (Å²) in [6, 6.07) is 6.26. The van der Waals surface area contributed by atoms with Gasteiger partial charge in [-0.25, -0.2) is 0 Å². The predicted molar refractivity (Wildman–Crippen MR) is 68.3 cm³/mol. The third-order valence-corrected chi connectivity index (χ3v) is 1.94. The van der Waals surface area contributed by atoms with Gasteiger partial charge in [0.1, 0.15) is 0 Å². The van der Waals surface area contributed by atoms with Crippen LogP contribution in [0.2, 0.25) is 0 Å². The Labute approximate surface area is 94.9 Å². The molecule has 0 unspecified atom stereocenters. The molecule has 1 rings (SSSR count). The third-order valence-electron chi connectivity index (χ3n) is 1.94. The van der Waals surface area contributed by atoms with E-state index in [9.17, 15) is 0 Å². The summed E-state index contributed by atoms with van der Waals surface area (Å²) in [5.74, 6) is 0. The second-order valence-electron chi connectivity index (χ2n) is 4.82. The van der Waals surface area contributed by atoms with E-state index >= 15 is 0 Å². The Morgan fingerprint density at radius 3 is 2.00 bits per heavy atom. The standard InChI is InChI=1S/C11H17N.C3H8/c1-5-9-7-6-8-10(12-9)11(2,3)4;1-3-2/h6-8H,5H2,1-4H3;3H2,1-2H3. The molecule has 0 fully saturated rings. The number of pyridine rings is 1. The molecule has 0 aliphatic rings. The van der Waals surface area contributed by atoms with Crippen LogP contribution in [0.15, 0.2) is 18.2 Å². The fourth-order valence-corrected chi connectivity index (χ4v) is 1.09. The van der Waals surface area contributed by atoms with E-state index in [1.807, 2.05) is 0 Å². The minimum absolute atomic E-state index is 0.172. The minimum atomic E-state index is 0.172. The lowest BCUT2D eigenvalue weighted by Gasteiger charge is -2.17. The van der Waals surface area contributed by atoms with Gasteiger partial charge >= 0.3 is 0 Å². The molecule has 0 amide bonds. The van der Waals surface area contributed by atoms with Gasteiger partial charge in [0.2, 0.25) is 0 Å². The molecule has 0 atom stereocenters. The maximum absolute atomic E-state index is 4.56. The van der Waals surface area contributed by atoms with E-state index in [0.717, 1.165) is 6.42 Å². The van der Waals surface area contributed by atoms with Crippen LogP contribution in [0.4, 0.5) is 0 Å². The Bertz CT molecular complexity index is 271. The highest BCUT2D eigenvalue weighted by Crippen LogP contribution is 2.19. The van der Waals surface area contributed by atoms with Crippen LogP contribution in [0.25, 0.3) is 0 Å². The molecule has 0 aliphatic heterocycles.